The van der Waals surface area contributed by atoms with Gasteiger partial charge in [0.05, 0.1) is 33.6 Å². The topological polar surface area (TPSA) is 57.5 Å². The largest absolute Gasteiger partial charge is 0.391 e. The van der Waals surface area contributed by atoms with E-state index in [1.54, 1.807) is 24.3 Å². The highest BCUT2D eigenvalue weighted by molar-refractivity contribution is 9.09. The SMILES string of the molecule is Cc1ccc([S@@](=O)C[C@H](O)[C@H](Br)[C@H](O)c2ccccc2)cc1. The lowest BCUT2D eigenvalue weighted by molar-refractivity contribution is 0.104. The number of hydrogen-bond acceptors (Lipinski definition) is 3. The minimum atomic E-state index is -1.31. The Morgan fingerprint density at radius 1 is 1.05 bits per heavy atom. The molecule has 0 aliphatic heterocycles. The van der Waals surface area contributed by atoms with E-state index in [4.69, 9.17) is 0 Å². The lowest BCUT2D eigenvalue weighted by atomic mass is 10.0. The van der Waals surface area contributed by atoms with Crippen LogP contribution in [-0.4, -0.2) is 31.1 Å². The number of rotatable bonds is 6. The molecule has 0 aliphatic rings. The van der Waals surface area contributed by atoms with Gasteiger partial charge in [0.2, 0.25) is 0 Å². The van der Waals surface area contributed by atoms with Crippen LogP contribution in [0.2, 0.25) is 0 Å². The molecule has 0 amide bonds. The van der Waals surface area contributed by atoms with E-state index in [0.717, 1.165) is 5.56 Å². The molecular formula is C17H19BrO3S. The summed E-state index contributed by atoms with van der Waals surface area (Å²) in [5.74, 6) is 0.0723. The molecule has 0 saturated carbocycles. The maximum absolute atomic E-state index is 12.3. The Morgan fingerprint density at radius 2 is 1.64 bits per heavy atom. The Hall–Kier alpha value is -1.01. The van der Waals surface area contributed by atoms with Crippen LogP contribution in [0.1, 0.15) is 17.2 Å². The summed E-state index contributed by atoms with van der Waals surface area (Å²) in [4.78, 5) is 0.0999. The average Bonchev–Trinajstić information content (AvgIpc) is 2.54. The molecule has 2 aromatic carbocycles. The van der Waals surface area contributed by atoms with E-state index in [9.17, 15) is 14.4 Å². The van der Waals surface area contributed by atoms with Gasteiger partial charge >= 0.3 is 0 Å². The van der Waals surface area contributed by atoms with Crippen molar-refractivity contribution in [3.8, 4) is 0 Å². The van der Waals surface area contributed by atoms with Crippen LogP contribution in [-0.2, 0) is 10.8 Å². The van der Waals surface area contributed by atoms with E-state index in [0.29, 0.717) is 10.5 Å². The zero-order valence-corrected chi connectivity index (χ0v) is 14.6. The monoisotopic (exact) mass is 382 g/mol. The summed E-state index contributed by atoms with van der Waals surface area (Å²) in [6, 6.07) is 16.5. The minimum absolute atomic E-state index is 0.0723. The third-order valence-corrected chi connectivity index (χ3v) is 5.97. The normalized spacial score (nSPS) is 16.7. The number of halogens is 1. The minimum Gasteiger partial charge on any atom is -0.391 e. The molecule has 3 nitrogen and oxygen atoms in total. The molecule has 0 aromatic heterocycles. The quantitative estimate of drug-likeness (QED) is 0.755. The first-order valence-corrected chi connectivity index (χ1v) is 9.22. The fourth-order valence-electron chi connectivity index (χ4n) is 2.08. The van der Waals surface area contributed by atoms with Crippen molar-refractivity contribution >= 4 is 26.7 Å². The second-order valence-corrected chi connectivity index (χ2v) is 7.75. The highest BCUT2D eigenvalue weighted by Crippen LogP contribution is 2.26. The molecule has 2 N–H and O–H groups in total. The maximum Gasteiger partial charge on any atom is 0.0940 e. The van der Waals surface area contributed by atoms with Crippen molar-refractivity contribution < 1.29 is 14.4 Å². The molecule has 0 saturated heterocycles. The van der Waals surface area contributed by atoms with E-state index in [1.807, 2.05) is 37.3 Å². The smallest absolute Gasteiger partial charge is 0.0940 e. The van der Waals surface area contributed by atoms with Gasteiger partial charge < -0.3 is 10.2 Å². The first-order valence-electron chi connectivity index (χ1n) is 6.99. The number of aliphatic hydroxyl groups excluding tert-OH is 2. The summed E-state index contributed by atoms with van der Waals surface area (Å²) < 4.78 is 12.3. The molecule has 118 valence electrons. The van der Waals surface area contributed by atoms with Gasteiger partial charge in [-0.05, 0) is 24.6 Å². The summed E-state index contributed by atoms with van der Waals surface area (Å²) >= 11 is 3.32. The van der Waals surface area contributed by atoms with Crippen molar-refractivity contribution in [1.82, 2.24) is 0 Å². The Balaban J connectivity index is 2.00. The molecule has 0 spiro atoms. The molecular weight excluding hydrogens is 364 g/mol. The molecule has 22 heavy (non-hydrogen) atoms. The van der Waals surface area contributed by atoms with Crippen LogP contribution in [0, 0.1) is 6.92 Å². The number of aryl methyl sites for hydroxylation is 1. The first-order chi connectivity index (χ1) is 10.5. The Kier molecular flexibility index (Phi) is 6.32. The van der Waals surface area contributed by atoms with Gasteiger partial charge in [-0.2, -0.15) is 0 Å². The summed E-state index contributed by atoms with van der Waals surface area (Å²) in [6.07, 6.45) is -1.77. The van der Waals surface area contributed by atoms with Crippen LogP contribution < -0.4 is 0 Å². The first kappa shape index (κ1) is 17.3. The van der Waals surface area contributed by atoms with E-state index in [2.05, 4.69) is 15.9 Å². The Bertz CT molecular complexity index is 616. The summed E-state index contributed by atoms with van der Waals surface area (Å²) in [6.45, 7) is 1.96. The van der Waals surface area contributed by atoms with Crippen molar-refractivity contribution in [3.63, 3.8) is 0 Å². The fourth-order valence-corrected chi connectivity index (χ4v) is 3.97. The van der Waals surface area contributed by atoms with Gasteiger partial charge in [0.1, 0.15) is 0 Å². The van der Waals surface area contributed by atoms with Crippen LogP contribution in [0.4, 0.5) is 0 Å². The van der Waals surface area contributed by atoms with Crippen LogP contribution in [0.15, 0.2) is 59.5 Å². The molecule has 0 aliphatic carbocycles. The van der Waals surface area contributed by atoms with Crippen molar-refractivity contribution in [2.75, 3.05) is 5.75 Å². The number of hydrogen-bond donors (Lipinski definition) is 2. The van der Waals surface area contributed by atoms with Crippen LogP contribution in [0.25, 0.3) is 0 Å². The average molecular weight is 383 g/mol. The molecule has 0 bridgehead atoms. The van der Waals surface area contributed by atoms with Crippen molar-refractivity contribution in [3.05, 3.63) is 65.7 Å². The van der Waals surface area contributed by atoms with Crippen LogP contribution in [0.5, 0.6) is 0 Å². The van der Waals surface area contributed by atoms with Crippen LogP contribution >= 0.6 is 15.9 Å². The van der Waals surface area contributed by atoms with Gasteiger partial charge in [-0.3, -0.25) is 4.21 Å². The highest BCUT2D eigenvalue weighted by Gasteiger charge is 2.27. The van der Waals surface area contributed by atoms with E-state index < -0.39 is 27.8 Å². The van der Waals surface area contributed by atoms with Gasteiger partial charge in [0, 0.05) is 4.90 Å². The molecule has 0 radical (unpaired) electrons. The summed E-state index contributed by atoms with van der Waals surface area (Å²) in [7, 11) is -1.31. The van der Waals surface area contributed by atoms with Crippen molar-refractivity contribution in [2.45, 2.75) is 28.9 Å². The van der Waals surface area contributed by atoms with Gasteiger partial charge in [-0.1, -0.05) is 64.0 Å². The third kappa shape index (κ3) is 4.49. The fraction of sp³-hybridized carbons (Fsp3) is 0.294. The van der Waals surface area contributed by atoms with Crippen LogP contribution in [0.3, 0.4) is 0 Å². The summed E-state index contributed by atoms with van der Waals surface area (Å²) in [5, 5.41) is 20.5. The predicted octanol–water partition coefficient (Wildman–Crippen LogP) is 2.96. The van der Waals surface area contributed by atoms with Gasteiger partial charge in [-0.25, -0.2) is 0 Å². The maximum atomic E-state index is 12.3. The van der Waals surface area contributed by atoms with Crippen molar-refractivity contribution in [2.24, 2.45) is 0 Å². The Labute approximate surface area is 141 Å². The zero-order valence-electron chi connectivity index (χ0n) is 12.2. The molecule has 0 fully saturated rings. The number of alkyl halides is 1. The third-order valence-electron chi connectivity index (χ3n) is 3.42. The molecule has 5 heteroatoms. The number of aliphatic hydroxyl groups is 2. The molecule has 0 unspecified atom stereocenters. The van der Waals surface area contributed by atoms with Gasteiger partial charge in [0.15, 0.2) is 0 Å². The number of benzene rings is 2. The lowest BCUT2D eigenvalue weighted by Gasteiger charge is -2.22. The molecule has 2 rings (SSSR count). The second-order valence-electron chi connectivity index (χ2n) is 5.19. The summed E-state index contributed by atoms with van der Waals surface area (Å²) in [5.41, 5.74) is 1.81. The standard InChI is InChI=1S/C17H19BrO3S/c1-12-7-9-14(10-8-12)22(21)11-15(19)16(18)17(20)13-5-3-2-4-6-13/h2-10,15-17,19-20H,11H2,1H3/t15-,16-,17+,22-/m0/s1. The van der Waals surface area contributed by atoms with Gasteiger partial charge in [-0.15, -0.1) is 0 Å². The van der Waals surface area contributed by atoms with Gasteiger partial charge in [0.25, 0.3) is 0 Å². The zero-order chi connectivity index (χ0) is 16.1. The van der Waals surface area contributed by atoms with Crippen molar-refractivity contribution in [1.29, 1.82) is 0 Å². The molecule has 4 atom stereocenters. The molecule has 0 heterocycles. The lowest BCUT2D eigenvalue weighted by Crippen LogP contribution is -2.31. The second kappa shape index (κ2) is 8.02. The Morgan fingerprint density at radius 3 is 2.23 bits per heavy atom. The predicted molar refractivity (Wildman–Crippen MR) is 92.6 cm³/mol. The molecule has 2 aromatic rings. The van der Waals surface area contributed by atoms with E-state index in [-0.39, 0.29) is 5.75 Å². The highest BCUT2D eigenvalue weighted by atomic mass is 79.9. The van der Waals surface area contributed by atoms with E-state index in [1.165, 1.54) is 0 Å². The van der Waals surface area contributed by atoms with E-state index >= 15 is 0 Å².